The molecular formula is C9H6BrNO. The van der Waals surface area contributed by atoms with Gasteiger partial charge >= 0.3 is 0 Å². The Kier molecular flexibility index (Phi) is 2.89. The van der Waals surface area contributed by atoms with Gasteiger partial charge in [-0.3, -0.25) is 0 Å². The van der Waals surface area contributed by atoms with Crippen molar-refractivity contribution in [3.8, 4) is 6.07 Å². The van der Waals surface area contributed by atoms with E-state index in [2.05, 4.69) is 15.9 Å². The molecule has 1 aromatic carbocycles. The monoisotopic (exact) mass is 223 g/mol. The maximum absolute atomic E-state index is 8.65. The van der Waals surface area contributed by atoms with E-state index in [0.717, 1.165) is 10.7 Å². The van der Waals surface area contributed by atoms with Crippen molar-refractivity contribution in [3.05, 3.63) is 40.6 Å². The predicted molar refractivity (Wildman–Crippen MR) is 50.4 cm³/mol. The zero-order valence-electron chi connectivity index (χ0n) is 6.16. The third kappa shape index (κ3) is 1.86. The van der Waals surface area contributed by atoms with Crippen LogP contribution in [0.3, 0.4) is 0 Å². The van der Waals surface area contributed by atoms with Crippen LogP contribution in [-0.4, -0.2) is 5.11 Å². The number of hydrogen-bond acceptors (Lipinski definition) is 2. The van der Waals surface area contributed by atoms with Crippen molar-refractivity contribution in [2.75, 3.05) is 0 Å². The lowest BCUT2D eigenvalue weighted by Crippen LogP contribution is -1.79. The first-order valence-electron chi connectivity index (χ1n) is 3.28. The first-order valence-corrected chi connectivity index (χ1v) is 4.07. The van der Waals surface area contributed by atoms with E-state index in [4.69, 9.17) is 10.4 Å². The van der Waals surface area contributed by atoms with E-state index in [0.29, 0.717) is 5.56 Å². The molecule has 0 saturated heterocycles. The maximum Gasteiger partial charge on any atom is 0.103 e. The van der Waals surface area contributed by atoms with Gasteiger partial charge in [0.05, 0.1) is 11.8 Å². The summed E-state index contributed by atoms with van der Waals surface area (Å²) in [6.45, 7) is 0. The first kappa shape index (κ1) is 8.82. The average Bonchev–Trinajstić information content (AvgIpc) is 2.10. The number of aliphatic hydroxyl groups is 1. The highest BCUT2D eigenvalue weighted by Crippen LogP contribution is 2.16. The van der Waals surface area contributed by atoms with Gasteiger partial charge in [-0.25, -0.2) is 0 Å². The van der Waals surface area contributed by atoms with E-state index in [9.17, 15) is 0 Å². The molecule has 3 heteroatoms. The van der Waals surface area contributed by atoms with Crippen LogP contribution in [0.2, 0.25) is 0 Å². The fourth-order valence-corrected chi connectivity index (χ4v) is 1.06. The molecule has 60 valence electrons. The summed E-state index contributed by atoms with van der Waals surface area (Å²) in [5.74, 6) is 0. The molecule has 0 aliphatic heterocycles. The first-order chi connectivity index (χ1) is 5.77. The zero-order chi connectivity index (χ0) is 8.97. The largest absolute Gasteiger partial charge is 0.514 e. The summed E-state index contributed by atoms with van der Waals surface area (Å²) in [4.78, 5) is 0. The maximum atomic E-state index is 8.65. The fraction of sp³-hybridized carbons (Fsp3) is 0. The van der Waals surface area contributed by atoms with E-state index in [1.54, 1.807) is 12.1 Å². The van der Waals surface area contributed by atoms with Crippen LogP contribution in [0.1, 0.15) is 5.56 Å². The number of allylic oxidation sites excluding steroid dienone is 1. The highest BCUT2D eigenvalue weighted by atomic mass is 79.9. The molecule has 0 aliphatic carbocycles. The van der Waals surface area contributed by atoms with Crippen LogP contribution in [0.4, 0.5) is 0 Å². The van der Waals surface area contributed by atoms with E-state index >= 15 is 0 Å². The minimum absolute atomic E-state index is 0.266. The number of aliphatic hydroxyl groups excluding tert-OH is 1. The molecule has 1 aromatic rings. The van der Waals surface area contributed by atoms with Gasteiger partial charge in [0.2, 0.25) is 0 Å². The van der Waals surface area contributed by atoms with E-state index in [1.165, 1.54) is 0 Å². The number of nitrogens with zero attached hydrogens (tertiary/aromatic N) is 1. The molecule has 0 aromatic heterocycles. The van der Waals surface area contributed by atoms with Crippen molar-refractivity contribution >= 4 is 21.5 Å². The molecule has 2 nitrogen and oxygen atoms in total. The minimum Gasteiger partial charge on any atom is -0.514 e. The molecule has 1 N–H and O–H groups in total. The van der Waals surface area contributed by atoms with Crippen molar-refractivity contribution in [1.82, 2.24) is 0 Å². The molecule has 1 rings (SSSR count). The van der Waals surface area contributed by atoms with Crippen molar-refractivity contribution in [3.63, 3.8) is 0 Å². The standard InChI is InChI=1S/C9H6BrNO/c10-9-3-1-7(2-4-9)8(5-11)6-12/h1-4,6,12H/b8-6-. The number of benzene rings is 1. The third-order valence-electron chi connectivity index (χ3n) is 1.40. The fourth-order valence-electron chi connectivity index (χ4n) is 0.797. The van der Waals surface area contributed by atoms with Gasteiger partial charge in [-0.05, 0) is 17.7 Å². The third-order valence-corrected chi connectivity index (χ3v) is 1.93. The van der Waals surface area contributed by atoms with Gasteiger partial charge in [0.25, 0.3) is 0 Å². The summed E-state index contributed by atoms with van der Waals surface area (Å²) < 4.78 is 0.946. The summed E-state index contributed by atoms with van der Waals surface area (Å²) >= 11 is 3.27. The summed E-state index contributed by atoms with van der Waals surface area (Å²) in [5.41, 5.74) is 0.978. The summed E-state index contributed by atoms with van der Waals surface area (Å²) in [6.07, 6.45) is 0.809. The SMILES string of the molecule is N#C/C(=C/O)c1ccc(Br)cc1. The van der Waals surface area contributed by atoms with Crippen molar-refractivity contribution in [1.29, 1.82) is 5.26 Å². The predicted octanol–water partition coefficient (Wildman–Crippen LogP) is 2.87. The molecule has 0 unspecified atom stereocenters. The Morgan fingerprint density at radius 2 is 2.00 bits per heavy atom. The zero-order valence-corrected chi connectivity index (χ0v) is 7.75. The Bertz CT molecular complexity index is 335. The lowest BCUT2D eigenvalue weighted by molar-refractivity contribution is 0.476. The average molecular weight is 224 g/mol. The minimum atomic E-state index is 0.266. The molecule has 0 radical (unpaired) electrons. The summed E-state index contributed by atoms with van der Waals surface area (Å²) in [6, 6.07) is 9.03. The number of rotatable bonds is 1. The molecule has 0 amide bonds. The number of hydrogen-bond donors (Lipinski definition) is 1. The Morgan fingerprint density at radius 1 is 1.42 bits per heavy atom. The molecule has 12 heavy (non-hydrogen) atoms. The van der Waals surface area contributed by atoms with Crippen LogP contribution >= 0.6 is 15.9 Å². The van der Waals surface area contributed by atoms with Gasteiger partial charge < -0.3 is 5.11 Å². The van der Waals surface area contributed by atoms with Crippen molar-refractivity contribution in [2.24, 2.45) is 0 Å². The molecule has 0 bridgehead atoms. The highest BCUT2D eigenvalue weighted by molar-refractivity contribution is 9.10. The Balaban J connectivity index is 3.06. The summed E-state index contributed by atoms with van der Waals surface area (Å²) in [7, 11) is 0. The van der Waals surface area contributed by atoms with Gasteiger partial charge in [0.15, 0.2) is 0 Å². The normalized spacial score (nSPS) is 10.8. The van der Waals surface area contributed by atoms with Crippen molar-refractivity contribution in [2.45, 2.75) is 0 Å². The smallest absolute Gasteiger partial charge is 0.103 e. The molecule has 0 fully saturated rings. The van der Waals surface area contributed by atoms with Gasteiger partial charge in [-0.2, -0.15) is 5.26 Å². The van der Waals surface area contributed by atoms with E-state index in [-0.39, 0.29) is 5.57 Å². The van der Waals surface area contributed by atoms with Crippen LogP contribution < -0.4 is 0 Å². The molecular weight excluding hydrogens is 218 g/mol. The number of nitriles is 1. The second-order valence-corrected chi connectivity index (χ2v) is 3.08. The Morgan fingerprint density at radius 3 is 2.42 bits per heavy atom. The lowest BCUT2D eigenvalue weighted by atomic mass is 10.1. The van der Waals surface area contributed by atoms with Crippen LogP contribution in [0.5, 0.6) is 0 Å². The van der Waals surface area contributed by atoms with Crippen LogP contribution in [0.15, 0.2) is 35.0 Å². The van der Waals surface area contributed by atoms with Gasteiger partial charge in [0.1, 0.15) is 6.07 Å². The number of halogens is 1. The lowest BCUT2D eigenvalue weighted by Gasteiger charge is -1.96. The van der Waals surface area contributed by atoms with Crippen LogP contribution in [0.25, 0.3) is 5.57 Å². The molecule has 0 aliphatic rings. The molecule has 0 atom stereocenters. The van der Waals surface area contributed by atoms with E-state index < -0.39 is 0 Å². The van der Waals surface area contributed by atoms with Crippen LogP contribution in [0, 0.1) is 11.3 Å². The van der Waals surface area contributed by atoms with Crippen LogP contribution in [-0.2, 0) is 0 Å². The van der Waals surface area contributed by atoms with Gasteiger partial charge in [0, 0.05) is 4.47 Å². The second-order valence-electron chi connectivity index (χ2n) is 2.16. The quantitative estimate of drug-likeness (QED) is 0.588. The van der Waals surface area contributed by atoms with Gasteiger partial charge in [-0.1, -0.05) is 28.1 Å². The van der Waals surface area contributed by atoms with Gasteiger partial charge in [-0.15, -0.1) is 0 Å². The topological polar surface area (TPSA) is 44.0 Å². The van der Waals surface area contributed by atoms with Crippen molar-refractivity contribution < 1.29 is 5.11 Å². The summed E-state index contributed by atoms with van der Waals surface area (Å²) in [5, 5.41) is 17.2. The Hall–Kier alpha value is -1.27. The Labute approximate surface area is 78.9 Å². The molecule has 0 heterocycles. The molecule has 0 spiro atoms. The molecule has 0 saturated carbocycles. The highest BCUT2D eigenvalue weighted by Gasteiger charge is 1.98. The van der Waals surface area contributed by atoms with E-state index in [1.807, 2.05) is 18.2 Å². The second kappa shape index (κ2) is 3.93.